The lowest BCUT2D eigenvalue weighted by Crippen LogP contribution is -2.04. The van der Waals surface area contributed by atoms with Crippen LogP contribution in [0.25, 0.3) is 0 Å². The van der Waals surface area contributed by atoms with Crippen molar-refractivity contribution in [2.24, 2.45) is 0 Å². The van der Waals surface area contributed by atoms with Gasteiger partial charge in [-0.1, -0.05) is 18.2 Å². The van der Waals surface area contributed by atoms with Crippen LogP contribution in [-0.2, 0) is 6.54 Å². The summed E-state index contributed by atoms with van der Waals surface area (Å²) in [6.45, 7) is 2.60. The SMILES string of the molecule is CCOc1cccc(NCc2cccc([N+](=O)[O-])c2F)c1. The lowest BCUT2D eigenvalue weighted by molar-refractivity contribution is -0.387. The summed E-state index contributed by atoms with van der Waals surface area (Å²) in [6.07, 6.45) is 0. The molecule has 5 nitrogen and oxygen atoms in total. The maximum absolute atomic E-state index is 13.9. The van der Waals surface area contributed by atoms with Gasteiger partial charge in [0, 0.05) is 29.9 Å². The van der Waals surface area contributed by atoms with E-state index in [1.54, 1.807) is 6.07 Å². The molecule has 0 aliphatic carbocycles. The van der Waals surface area contributed by atoms with Crippen molar-refractivity contribution in [1.82, 2.24) is 0 Å². The molecule has 2 rings (SSSR count). The van der Waals surface area contributed by atoms with Crippen molar-refractivity contribution in [3.8, 4) is 5.75 Å². The lowest BCUT2D eigenvalue weighted by atomic mass is 10.2. The van der Waals surface area contributed by atoms with Gasteiger partial charge in [0.1, 0.15) is 5.75 Å². The Labute approximate surface area is 121 Å². The van der Waals surface area contributed by atoms with Crippen molar-refractivity contribution >= 4 is 11.4 Å². The number of halogens is 1. The number of rotatable bonds is 6. The predicted octanol–water partition coefficient (Wildman–Crippen LogP) is 3.74. The highest BCUT2D eigenvalue weighted by molar-refractivity contribution is 5.49. The Kier molecular flexibility index (Phi) is 4.71. The van der Waals surface area contributed by atoms with E-state index in [2.05, 4.69) is 5.32 Å². The number of nitrogens with zero attached hydrogens (tertiary/aromatic N) is 1. The molecule has 6 heteroatoms. The van der Waals surface area contributed by atoms with Gasteiger partial charge in [0.15, 0.2) is 0 Å². The Morgan fingerprint density at radius 3 is 2.76 bits per heavy atom. The first kappa shape index (κ1) is 14.8. The summed E-state index contributed by atoms with van der Waals surface area (Å²) in [4.78, 5) is 9.97. The molecule has 0 aromatic heterocycles. The molecule has 1 N–H and O–H groups in total. The molecule has 0 radical (unpaired) electrons. The first-order chi connectivity index (χ1) is 10.1. The minimum Gasteiger partial charge on any atom is -0.494 e. The third-order valence-corrected chi connectivity index (χ3v) is 2.88. The fourth-order valence-electron chi connectivity index (χ4n) is 1.90. The highest BCUT2D eigenvalue weighted by Gasteiger charge is 2.16. The Morgan fingerprint density at radius 1 is 1.29 bits per heavy atom. The molecule has 0 heterocycles. The summed E-state index contributed by atoms with van der Waals surface area (Å²) in [7, 11) is 0. The molecule has 0 aliphatic rings. The summed E-state index contributed by atoms with van der Waals surface area (Å²) < 4.78 is 19.3. The normalized spacial score (nSPS) is 10.2. The highest BCUT2D eigenvalue weighted by Crippen LogP contribution is 2.22. The van der Waals surface area contributed by atoms with Crippen molar-refractivity contribution in [3.63, 3.8) is 0 Å². The summed E-state index contributed by atoms with van der Waals surface area (Å²) >= 11 is 0. The van der Waals surface area contributed by atoms with Crippen LogP contribution in [0.2, 0.25) is 0 Å². The van der Waals surface area contributed by atoms with Gasteiger partial charge in [-0.3, -0.25) is 10.1 Å². The largest absolute Gasteiger partial charge is 0.494 e. The van der Waals surface area contributed by atoms with E-state index >= 15 is 0 Å². The van der Waals surface area contributed by atoms with Gasteiger partial charge in [-0.15, -0.1) is 0 Å². The van der Waals surface area contributed by atoms with E-state index in [0.29, 0.717) is 12.4 Å². The zero-order valence-corrected chi connectivity index (χ0v) is 11.5. The predicted molar refractivity (Wildman–Crippen MR) is 78.0 cm³/mol. The molecular weight excluding hydrogens is 275 g/mol. The molecule has 110 valence electrons. The van der Waals surface area contributed by atoms with Crippen molar-refractivity contribution in [1.29, 1.82) is 0 Å². The molecule has 0 saturated carbocycles. The second-order valence-electron chi connectivity index (χ2n) is 4.32. The van der Waals surface area contributed by atoms with Crippen LogP contribution in [0, 0.1) is 15.9 Å². The van der Waals surface area contributed by atoms with Gasteiger partial charge < -0.3 is 10.1 Å². The van der Waals surface area contributed by atoms with E-state index in [1.165, 1.54) is 12.1 Å². The summed E-state index contributed by atoms with van der Waals surface area (Å²) in [5.74, 6) is -0.0991. The Morgan fingerprint density at radius 2 is 2.05 bits per heavy atom. The second kappa shape index (κ2) is 6.69. The van der Waals surface area contributed by atoms with Crippen LogP contribution < -0.4 is 10.1 Å². The minimum absolute atomic E-state index is 0.156. The molecule has 0 saturated heterocycles. The molecule has 0 aliphatic heterocycles. The molecule has 0 amide bonds. The van der Waals surface area contributed by atoms with Crippen molar-refractivity contribution in [3.05, 3.63) is 64.0 Å². The third-order valence-electron chi connectivity index (χ3n) is 2.88. The van der Waals surface area contributed by atoms with Gasteiger partial charge in [0.25, 0.3) is 0 Å². The van der Waals surface area contributed by atoms with Crippen molar-refractivity contribution in [2.45, 2.75) is 13.5 Å². The Hall–Kier alpha value is -2.63. The van der Waals surface area contributed by atoms with E-state index in [9.17, 15) is 14.5 Å². The third kappa shape index (κ3) is 3.68. The van der Waals surface area contributed by atoms with Crippen LogP contribution in [0.3, 0.4) is 0 Å². The first-order valence-corrected chi connectivity index (χ1v) is 6.50. The van der Waals surface area contributed by atoms with Crippen LogP contribution in [0.1, 0.15) is 12.5 Å². The van der Waals surface area contributed by atoms with E-state index in [-0.39, 0.29) is 12.1 Å². The van der Waals surface area contributed by atoms with Gasteiger partial charge in [-0.25, -0.2) is 0 Å². The van der Waals surface area contributed by atoms with Gasteiger partial charge >= 0.3 is 5.69 Å². The number of hydrogen-bond donors (Lipinski definition) is 1. The molecule has 21 heavy (non-hydrogen) atoms. The van der Waals surface area contributed by atoms with Gasteiger partial charge in [-0.05, 0) is 19.1 Å². The summed E-state index contributed by atoms with van der Waals surface area (Å²) in [5, 5.41) is 13.7. The quantitative estimate of drug-likeness (QED) is 0.650. The van der Waals surface area contributed by atoms with Gasteiger partial charge in [0.05, 0.1) is 11.5 Å². The van der Waals surface area contributed by atoms with Crippen molar-refractivity contribution in [2.75, 3.05) is 11.9 Å². The average Bonchev–Trinajstić information content (AvgIpc) is 2.46. The molecule has 0 fully saturated rings. The number of anilines is 1. The fourth-order valence-corrected chi connectivity index (χ4v) is 1.90. The lowest BCUT2D eigenvalue weighted by Gasteiger charge is -2.09. The monoisotopic (exact) mass is 290 g/mol. The standard InChI is InChI=1S/C15H15FN2O3/c1-2-21-13-7-4-6-12(9-13)17-10-11-5-3-8-14(15(11)16)18(19)20/h3-9,17H,2,10H2,1H3. The molecule has 0 atom stereocenters. The van der Waals surface area contributed by atoms with Crippen LogP contribution in [-0.4, -0.2) is 11.5 Å². The Balaban J connectivity index is 2.11. The van der Waals surface area contributed by atoms with Gasteiger partial charge in [-0.2, -0.15) is 4.39 Å². The topological polar surface area (TPSA) is 64.4 Å². The molecule has 0 bridgehead atoms. The highest BCUT2D eigenvalue weighted by atomic mass is 19.1. The minimum atomic E-state index is -0.809. The van der Waals surface area contributed by atoms with Gasteiger partial charge in [0.2, 0.25) is 5.82 Å². The number of nitro benzene ring substituents is 1. The molecule has 2 aromatic rings. The van der Waals surface area contributed by atoms with Crippen LogP contribution in [0.5, 0.6) is 5.75 Å². The molecule has 2 aromatic carbocycles. The Bertz CT molecular complexity index is 647. The smallest absolute Gasteiger partial charge is 0.305 e. The van der Waals surface area contributed by atoms with E-state index in [0.717, 1.165) is 11.8 Å². The number of hydrogen-bond acceptors (Lipinski definition) is 4. The maximum atomic E-state index is 13.9. The summed E-state index contributed by atoms with van der Waals surface area (Å²) in [6, 6.07) is 11.4. The number of benzene rings is 2. The number of nitro groups is 1. The zero-order valence-electron chi connectivity index (χ0n) is 11.5. The van der Waals surface area contributed by atoms with E-state index < -0.39 is 16.4 Å². The average molecular weight is 290 g/mol. The van der Waals surface area contributed by atoms with E-state index in [4.69, 9.17) is 4.74 Å². The fraction of sp³-hybridized carbons (Fsp3) is 0.200. The molecular formula is C15H15FN2O3. The van der Waals surface area contributed by atoms with E-state index in [1.807, 2.05) is 25.1 Å². The van der Waals surface area contributed by atoms with Crippen LogP contribution >= 0.6 is 0 Å². The van der Waals surface area contributed by atoms with Crippen LogP contribution in [0.4, 0.5) is 15.8 Å². The van der Waals surface area contributed by atoms with Crippen molar-refractivity contribution < 1.29 is 14.1 Å². The summed E-state index contributed by atoms with van der Waals surface area (Å²) in [5.41, 5.74) is 0.482. The van der Waals surface area contributed by atoms with Crippen LogP contribution in [0.15, 0.2) is 42.5 Å². The molecule has 0 spiro atoms. The number of ether oxygens (including phenoxy) is 1. The molecule has 0 unspecified atom stereocenters. The maximum Gasteiger partial charge on any atom is 0.305 e. The first-order valence-electron chi connectivity index (χ1n) is 6.50. The number of nitrogens with one attached hydrogen (secondary N) is 1. The second-order valence-corrected chi connectivity index (χ2v) is 4.32. The zero-order chi connectivity index (χ0) is 15.2.